The van der Waals surface area contributed by atoms with Crippen LogP contribution < -0.4 is 4.74 Å². The van der Waals surface area contributed by atoms with Gasteiger partial charge in [0.15, 0.2) is 0 Å². The molecule has 0 saturated heterocycles. The molecule has 4 aliphatic rings. The maximum absolute atomic E-state index is 12.7. The van der Waals surface area contributed by atoms with Crippen LogP contribution in [0.5, 0.6) is 5.75 Å². The number of benzene rings is 1. The third-order valence-electron chi connectivity index (χ3n) is 7.39. The molecule has 1 aromatic carbocycles. The minimum absolute atomic E-state index is 0.0126. The highest BCUT2D eigenvalue weighted by atomic mass is 16.5. The molecular weight excluding hydrogens is 272 g/mol. The predicted octanol–water partition coefficient (Wildman–Crippen LogP) is 3.98. The molecule has 0 heterocycles. The average molecular weight is 296 g/mol. The van der Waals surface area contributed by atoms with Gasteiger partial charge in [-0.05, 0) is 79.0 Å². The Morgan fingerprint density at radius 1 is 1.18 bits per heavy atom. The van der Waals surface area contributed by atoms with Crippen LogP contribution in [0.1, 0.15) is 49.7 Å². The van der Waals surface area contributed by atoms with Crippen molar-refractivity contribution in [1.29, 1.82) is 0 Å². The number of Topliss-reactive ketones (excluding diaryl/α,β-unsaturated/α-hetero) is 1. The fraction of sp³-hybridized carbons (Fsp3) is 0.650. The second kappa shape index (κ2) is 4.15. The lowest BCUT2D eigenvalue weighted by Crippen LogP contribution is -2.44. The van der Waals surface area contributed by atoms with Crippen LogP contribution in [0.15, 0.2) is 18.2 Å². The zero-order valence-corrected chi connectivity index (χ0v) is 13.5. The second-order valence-electron chi connectivity index (χ2n) is 8.23. The van der Waals surface area contributed by atoms with E-state index in [0.717, 1.165) is 30.4 Å². The van der Waals surface area contributed by atoms with Crippen LogP contribution in [0, 0.1) is 29.1 Å². The highest BCUT2D eigenvalue weighted by Gasteiger charge is 2.68. The van der Waals surface area contributed by atoms with E-state index in [9.17, 15) is 4.79 Å². The van der Waals surface area contributed by atoms with E-state index in [4.69, 9.17) is 4.74 Å². The number of hydrogen-bond acceptors (Lipinski definition) is 2. The Kier molecular flexibility index (Phi) is 2.48. The largest absolute Gasteiger partial charge is 0.497 e. The van der Waals surface area contributed by atoms with Crippen LogP contribution >= 0.6 is 0 Å². The zero-order valence-electron chi connectivity index (χ0n) is 13.5. The number of ether oxygens (including phenoxy) is 1. The number of hydrogen-bond donors (Lipinski definition) is 0. The first-order chi connectivity index (χ1) is 10.6. The summed E-state index contributed by atoms with van der Waals surface area (Å²) in [6.45, 7) is 2.28. The van der Waals surface area contributed by atoms with E-state index in [2.05, 4.69) is 25.1 Å². The maximum atomic E-state index is 12.7. The van der Waals surface area contributed by atoms with Gasteiger partial charge in [-0.25, -0.2) is 0 Å². The minimum atomic E-state index is 0.0126. The van der Waals surface area contributed by atoms with E-state index in [0.29, 0.717) is 23.5 Å². The third kappa shape index (κ3) is 1.49. The van der Waals surface area contributed by atoms with E-state index in [-0.39, 0.29) is 5.41 Å². The molecule has 2 heteroatoms. The second-order valence-corrected chi connectivity index (χ2v) is 8.23. The first-order valence-corrected chi connectivity index (χ1v) is 8.84. The quantitative estimate of drug-likeness (QED) is 0.783. The van der Waals surface area contributed by atoms with Crippen LogP contribution in [0.3, 0.4) is 0 Å². The van der Waals surface area contributed by atoms with Crippen molar-refractivity contribution in [3.63, 3.8) is 0 Å². The summed E-state index contributed by atoms with van der Waals surface area (Å²) < 4.78 is 5.39. The van der Waals surface area contributed by atoms with Crippen molar-refractivity contribution < 1.29 is 9.53 Å². The van der Waals surface area contributed by atoms with Crippen molar-refractivity contribution in [2.75, 3.05) is 7.11 Å². The molecule has 6 atom stereocenters. The van der Waals surface area contributed by atoms with E-state index < -0.39 is 0 Å². The highest BCUT2D eigenvalue weighted by Crippen LogP contribution is 2.70. The zero-order chi connectivity index (χ0) is 15.1. The summed E-state index contributed by atoms with van der Waals surface area (Å²) >= 11 is 0. The number of carbonyl (C=O) groups is 1. The summed E-state index contributed by atoms with van der Waals surface area (Å²) in [5.41, 5.74) is 3.05. The molecule has 0 aromatic heterocycles. The van der Waals surface area contributed by atoms with E-state index in [1.807, 2.05) is 0 Å². The van der Waals surface area contributed by atoms with Gasteiger partial charge in [-0.2, -0.15) is 0 Å². The Morgan fingerprint density at radius 2 is 2.05 bits per heavy atom. The Labute approximate surface area is 132 Å². The molecule has 22 heavy (non-hydrogen) atoms. The monoisotopic (exact) mass is 296 g/mol. The summed E-state index contributed by atoms with van der Waals surface area (Å²) in [6.07, 6.45) is 5.92. The summed E-state index contributed by atoms with van der Waals surface area (Å²) in [5, 5.41) is 0. The van der Waals surface area contributed by atoms with Crippen molar-refractivity contribution in [2.24, 2.45) is 29.1 Å². The van der Waals surface area contributed by atoms with Crippen molar-refractivity contribution in [3.8, 4) is 5.75 Å². The lowest BCUT2D eigenvalue weighted by molar-refractivity contribution is -0.132. The fourth-order valence-electron chi connectivity index (χ4n) is 6.35. The number of fused-ring (bicyclic) bond motifs is 7. The van der Waals surface area contributed by atoms with Crippen LogP contribution in [-0.4, -0.2) is 12.9 Å². The SMILES string of the molecule is COc1ccc2c(c1)CC[C@H]1[C@H]3[C@H]4C[C@H]4C(=O)[C@@]3(C)CC[C@H]21. The normalized spacial score (nSPS) is 44.6. The van der Waals surface area contributed by atoms with Crippen molar-refractivity contribution in [1.82, 2.24) is 0 Å². The molecule has 3 saturated carbocycles. The van der Waals surface area contributed by atoms with Crippen LogP contribution in [0.4, 0.5) is 0 Å². The van der Waals surface area contributed by atoms with E-state index in [1.54, 1.807) is 12.7 Å². The smallest absolute Gasteiger partial charge is 0.142 e. The van der Waals surface area contributed by atoms with Gasteiger partial charge in [-0.3, -0.25) is 4.79 Å². The molecule has 1 aromatic rings. The van der Waals surface area contributed by atoms with Crippen LogP contribution in [0.2, 0.25) is 0 Å². The van der Waals surface area contributed by atoms with Gasteiger partial charge in [0.05, 0.1) is 7.11 Å². The Morgan fingerprint density at radius 3 is 2.86 bits per heavy atom. The Bertz CT molecular complexity index is 664. The van der Waals surface area contributed by atoms with Gasteiger partial charge in [0.2, 0.25) is 0 Å². The molecule has 4 aliphatic carbocycles. The van der Waals surface area contributed by atoms with E-state index >= 15 is 0 Å². The molecule has 0 spiro atoms. The molecule has 0 radical (unpaired) electrons. The van der Waals surface area contributed by atoms with Gasteiger partial charge in [-0.15, -0.1) is 0 Å². The number of aryl methyl sites for hydroxylation is 1. The molecular formula is C20H24O2. The van der Waals surface area contributed by atoms with Crippen molar-refractivity contribution >= 4 is 5.78 Å². The van der Waals surface area contributed by atoms with Gasteiger partial charge in [0.1, 0.15) is 11.5 Å². The molecule has 0 aliphatic heterocycles. The standard InChI is InChI=1S/C20H24O2/c1-20-8-7-14-13-6-4-12(22-2)9-11(13)3-5-15(14)18(20)16-10-17(16)19(20)21/h4,6,9,14-18H,3,5,7-8,10H2,1-2H3/t14-,15-,16+,17-,18+,20+/m1/s1. The predicted molar refractivity (Wildman–Crippen MR) is 85.0 cm³/mol. The van der Waals surface area contributed by atoms with Gasteiger partial charge < -0.3 is 4.74 Å². The first kappa shape index (κ1) is 13.2. The lowest BCUT2D eigenvalue weighted by atomic mass is 9.54. The maximum Gasteiger partial charge on any atom is 0.142 e. The lowest BCUT2D eigenvalue weighted by Gasteiger charge is -2.49. The molecule has 116 valence electrons. The van der Waals surface area contributed by atoms with Gasteiger partial charge in [0, 0.05) is 11.3 Å². The summed E-state index contributed by atoms with van der Waals surface area (Å²) in [5.74, 6) is 4.84. The molecule has 5 rings (SSSR count). The van der Waals surface area contributed by atoms with Gasteiger partial charge in [0.25, 0.3) is 0 Å². The average Bonchev–Trinajstić information content (AvgIpc) is 3.28. The van der Waals surface area contributed by atoms with E-state index in [1.165, 1.54) is 24.8 Å². The minimum Gasteiger partial charge on any atom is -0.497 e. The molecule has 0 amide bonds. The Hall–Kier alpha value is -1.31. The molecule has 0 N–H and O–H groups in total. The third-order valence-corrected chi connectivity index (χ3v) is 7.39. The number of ketones is 1. The van der Waals surface area contributed by atoms with Crippen LogP contribution in [-0.2, 0) is 11.2 Å². The Balaban J connectivity index is 1.54. The number of methoxy groups -OCH3 is 1. The summed E-state index contributed by atoms with van der Waals surface area (Å²) in [6, 6.07) is 6.66. The summed E-state index contributed by atoms with van der Waals surface area (Å²) in [7, 11) is 1.75. The highest BCUT2D eigenvalue weighted by molar-refractivity contribution is 5.92. The van der Waals surface area contributed by atoms with Gasteiger partial charge in [-0.1, -0.05) is 13.0 Å². The van der Waals surface area contributed by atoms with Crippen molar-refractivity contribution in [2.45, 2.75) is 44.9 Å². The molecule has 0 unspecified atom stereocenters. The number of carbonyl (C=O) groups excluding carboxylic acids is 1. The first-order valence-electron chi connectivity index (χ1n) is 8.84. The molecule has 2 nitrogen and oxygen atoms in total. The van der Waals surface area contributed by atoms with Crippen molar-refractivity contribution in [3.05, 3.63) is 29.3 Å². The fourth-order valence-corrected chi connectivity index (χ4v) is 6.35. The molecule has 0 bridgehead atoms. The van der Waals surface area contributed by atoms with Gasteiger partial charge >= 0.3 is 0 Å². The number of rotatable bonds is 1. The summed E-state index contributed by atoms with van der Waals surface area (Å²) in [4.78, 5) is 12.7. The molecule has 3 fully saturated rings. The van der Waals surface area contributed by atoms with Crippen LogP contribution in [0.25, 0.3) is 0 Å². The topological polar surface area (TPSA) is 26.3 Å².